The lowest BCUT2D eigenvalue weighted by Crippen LogP contribution is -2.29. The minimum atomic E-state index is -3.22. The molecule has 0 aromatic heterocycles. The molecule has 1 atom stereocenters. The smallest absolute Gasteiger partial charge is 0.367 e. The van der Waals surface area contributed by atoms with Crippen molar-refractivity contribution < 1.29 is 28.2 Å². The second-order valence-electron chi connectivity index (χ2n) is 7.87. The Bertz CT molecular complexity index is 864. The van der Waals surface area contributed by atoms with Crippen molar-refractivity contribution in [1.29, 1.82) is 0 Å². The Balaban J connectivity index is 1.68. The van der Waals surface area contributed by atoms with Gasteiger partial charge in [-0.3, -0.25) is 4.57 Å². The Morgan fingerprint density at radius 2 is 1.67 bits per heavy atom. The molecule has 0 fully saturated rings. The summed E-state index contributed by atoms with van der Waals surface area (Å²) in [5.41, 5.74) is 3.15. The lowest BCUT2D eigenvalue weighted by Gasteiger charge is -2.18. The third-order valence-electron chi connectivity index (χ3n) is 5.08. The van der Waals surface area contributed by atoms with Crippen LogP contribution >= 0.6 is 7.60 Å². The standard InChI is InChI=1S/C25H38NO6P/c1-5-31-33(28,32-6-2)19-30-24-12-9-22(10-13-24)16-21(4)26-14-7-15-29-25-11-8-20(3)23(17-25)18-27/h8-13,17,21,26-27H,5-7,14-16,18-19H2,1-4H3/t21-/m1/s1. The lowest BCUT2D eigenvalue weighted by atomic mass is 10.1. The van der Waals surface area contributed by atoms with E-state index >= 15 is 0 Å². The highest BCUT2D eigenvalue weighted by Gasteiger charge is 2.24. The van der Waals surface area contributed by atoms with E-state index < -0.39 is 7.60 Å². The summed E-state index contributed by atoms with van der Waals surface area (Å²) in [6.07, 6.45) is 1.67. The van der Waals surface area contributed by atoms with Crippen molar-refractivity contribution in [1.82, 2.24) is 5.32 Å². The monoisotopic (exact) mass is 479 g/mol. The quantitative estimate of drug-likeness (QED) is 0.256. The van der Waals surface area contributed by atoms with Gasteiger partial charge in [-0.05, 0) is 88.0 Å². The van der Waals surface area contributed by atoms with E-state index in [4.69, 9.17) is 18.5 Å². The third-order valence-corrected chi connectivity index (χ3v) is 6.83. The highest BCUT2D eigenvalue weighted by Crippen LogP contribution is 2.47. The zero-order valence-corrected chi connectivity index (χ0v) is 21.1. The molecule has 7 nitrogen and oxygen atoms in total. The molecule has 0 aliphatic heterocycles. The molecule has 8 heteroatoms. The molecule has 0 aliphatic carbocycles. The summed E-state index contributed by atoms with van der Waals surface area (Å²) >= 11 is 0. The average molecular weight is 480 g/mol. The Morgan fingerprint density at radius 3 is 2.30 bits per heavy atom. The van der Waals surface area contributed by atoms with Crippen molar-refractivity contribution in [2.24, 2.45) is 0 Å². The first kappa shape index (κ1) is 27.4. The Kier molecular flexibility index (Phi) is 11.9. The van der Waals surface area contributed by atoms with Crippen LogP contribution in [0.5, 0.6) is 11.5 Å². The van der Waals surface area contributed by atoms with Gasteiger partial charge in [-0.1, -0.05) is 18.2 Å². The van der Waals surface area contributed by atoms with Gasteiger partial charge in [-0.25, -0.2) is 0 Å². The Labute approximate surface area is 197 Å². The fourth-order valence-electron chi connectivity index (χ4n) is 3.32. The van der Waals surface area contributed by atoms with Crippen molar-refractivity contribution in [3.05, 3.63) is 59.2 Å². The second kappa shape index (κ2) is 14.4. The van der Waals surface area contributed by atoms with Gasteiger partial charge in [-0.15, -0.1) is 0 Å². The van der Waals surface area contributed by atoms with Crippen LogP contribution in [0.4, 0.5) is 0 Å². The topological polar surface area (TPSA) is 86.3 Å². The second-order valence-corrected chi connectivity index (χ2v) is 9.87. The van der Waals surface area contributed by atoms with Crippen molar-refractivity contribution in [2.75, 3.05) is 32.7 Å². The molecule has 0 amide bonds. The van der Waals surface area contributed by atoms with Crippen LogP contribution < -0.4 is 14.8 Å². The number of benzene rings is 2. The number of hydrogen-bond acceptors (Lipinski definition) is 7. The third kappa shape index (κ3) is 9.86. The van der Waals surface area contributed by atoms with Crippen LogP contribution in [0.15, 0.2) is 42.5 Å². The molecule has 184 valence electrons. The number of ether oxygens (including phenoxy) is 2. The molecular weight excluding hydrogens is 441 g/mol. The summed E-state index contributed by atoms with van der Waals surface area (Å²) in [5, 5.41) is 12.9. The molecule has 2 rings (SSSR count). The largest absolute Gasteiger partial charge is 0.494 e. The number of hydrogen-bond donors (Lipinski definition) is 2. The SMILES string of the molecule is CCOP(=O)(COc1ccc(C[C@@H](C)NCCCOc2ccc(C)c(CO)c2)cc1)OCC. The lowest BCUT2D eigenvalue weighted by molar-refractivity contribution is 0.197. The number of nitrogens with one attached hydrogen (secondary N) is 1. The normalized spacial score (nSPS) is 12.5. The molecule has 2 aromatic carbocycles. The molecular formula is C25H38NO6P. The van der Waals surface area contributed by atoms with Crippen LogP contribution in [-0.2, 0) is 26.6 Å². The fourth-order valence-corrected chi connectivity index (χ4v) is 4.64. The zero-order chi connectivity index (χ0) is 24.1. The predicted molar refractivity (Wildman–Crippen MR) is 131 cm³/mol. The molecule has 0 radical (unpaired) electrons. The van der Waals surface area contributed by atoms with E-state index in [1.165, 1.54) is 5.56 Å². The van der Waals surface area contributed by atoms with Gasteiger partial charge in [0.2, 0.25) is 0 Å². The maximum atomic E-state index is 12.5. The summed E-state index contributed by atoms with van der Waals surface area (Å²) in [7, 11) is -3.22. The summed E-state index contributed by atoms with van der Waals surface area (Å²) in [4.78, 5) is 0. The van der Waals surface area contributed by atoms with E-state index in [1.54, 1.807) is 13.8 Å². The average Bonchev–Trinajstić information content (AvgIpc) is 2.80. The molecule has 2 aromatic rings. The fraction of sp³-hybridized carbons (Fsp3) is 0.520. The number of aryl methyl sites for hydroxylation is 1. The predicted octanol–water partition coefficient (Wildman–Crippen LogP) is 5.08. The van der Waals surface area contributed by atoms with E-state index in [2.05, 4.69) is 12.2 Å². The van der Waals surface area contributed by atoms with Crippen LogP contribution in [0.2, 0.25) is 0 Å². The molecule has 0 spiro atoms. The summed E-state index contributed by atoms with van der Waals surface area (Å²) in [6, 6.07) is 13.9. The first-order valence-electron chi connectivity index (χ1n) is 11.6. The van der Waals surface area contributed by atoms with Crippen LogP contribution in [0.25, 0.3) is 0 Å². The maximum Gasteiger partial charge on any atom is 0.367 e. The Hall–Kier alpha value is -1.89. The van der Waals surface area contributed by atoms with Crippen molar-refractivity contribution in [3.8, 4) is 11.5 Å². The van der Waals surface area contributed by atoms with Gasteiger partial charge in [0.1, 0.15) is 11.5 Å². The maximum absolute atomic E-state index is 12.5. The highest BCUT2D eigenvalue weighted by molar-refractivity contribution is 7.53. The minimum absolute atomic E-state index is 0.0244. The van der Waals surface area contributed by atoms with Gasteiger partial charge in [-0.2, -0.15) is 0 Å². The molecule has 33 heavy (non-hydrogen) atoms. The van der Waals surface area contributed by atoms with Crippen molar-refractivity contribution in [2.45, 2.75) is 53.2 Å². The van der Waals surface area contributed by atoms with E-state index in [0.717, 1.165) is 36.3 Å². The molecule has 0 saturated heterocycles. The number of rotatable bonds is 16. The number of aliphatic hydroxyl groups is 1. The molecule has 0 heterocycles. The van der Waals surface area contributed by atoms with Crippen molar-refractivity contribution >= 4 is 7.60 Å². The van der Waals surface area contributed by atoms with Gasteiger partial charge in [0.25, 0.3) is 0 Å². The molecule has 0 saturated carbocycles. The van der Waals surface area contributed by atoms with Gasteiger partial charge < -0.3 is 28.9 Å². The summed E-state index contributed by atoms with van der Waals surface area (Å²) < 4.78 is 34.4. The molecule has 0 bridgehead atoms. The van der Waals surface area contributed by atoms with E-state index in [9.17, 15) is 9.67 Å². The van der Waals surface area contributed by atoms with Crippen LogP contribution in [0, 0.1) is 6.92 Å². The first-order chi connectivity index (χ1) is 15.9. The highest BCUT2D eigenvalue weighted by atomic mass is 31.2. The summed E-state index contributed by atoms with van der Waals surface area (Å²) in [6.45, 7) is 9.81. The minimum Gasteiger partial charge on any atom is -0.494 e. The number of aliphatic hydroxyl groups excluding tert-OH is 1. The molecule has 2 N–H and O–H groups in total. The van der Waals surface area contributed by atoms with Crippen molar-refractivity contribution in [3.63, 3.8) is 0 Å². The first-order valence-corrected chi connectivity index (χ1v) is 13.3. The van der Waals surface area contributed by atoms with Crippen LogP contribution in [0.1, 0.15) is 43.9 Å². The Morgan fingerprint density at radius 1 is 1.00 bits per heavy atom. The summed E-state index contributed by atoms with van der Waals surface area (Å²) in [5.74, 6) is 1.43. The van der Waals surface area contributed by atoms with E-state index in [-0.39, 0.29) is 13.0 Å². The van der Waals surface area contributed by atoms with Crippen LogP contribution in [-0.4, -0.2) is 43.9 Å². The van der Waals surface area contributed by atoms with E-state index in [1.807, 2.05) is 49.4 Å². The van der Waals surface area contributed by atoms with Gasteiger partial charge in [0.05, 0.1) is 26.4 Å². The van der Waals surface area contributed by atoms with E-state index in [0.29, 0.717) is 31.6 Å². The molecule has 0 aliphatic rings. The van der Waals surface area contributed by atoms with Gasteiger partial charge in [0.15, 0.2) is 6.35 Å². The van der Waals surface area contributed by atoms with Crippen LogP contribution in [0.3, 0.4) is 0 Å². The van der Waals surface area contributed by atoms with Gasteiger partial charge >= 0.3 is 7.60 Å². The zero-order valence-electron chi connectivity index (χ0n) is 20.2. The molecule has 0 unspecified atom stereocenters. The van der Waals surface area contributed by atoms with Gasteiger partial charge in [0, 0.05) is 6.04 Å².